The van der Waals surface area contributed by atoms with E-state index in [1.54, 1.807) is 41.3 Å². The molecule has 5 nitrogen and oxygen atoms in total. The Balaban J connectivity index is 1.73. The Labute approximate surface area is 135 Å². The quantitative estimate of drug-likeness (QED) is 0.788. The zero-order valence-electron chi connectivity index (χ0n) is 12.9. The van der Waals surface area contributed by atoms with E-state index in [2.05, 4.69) is 46.6 Å². The van der Waals surface area contributed by atoms with E-state index in [4.69, 9.17) is 0 Å². The van der Waals surface area contributed by atoms with E-state index in [1.807, 2.05) is 0 Å². The number of aromatic nitrogens is 3. The lowest BCUT2D eigenvalue weighted by Crippen LogP contribution is -2.17. The fourth-order valence-electron chi connectivity index (χ4n) is 2.30. The average Bonchev–Trinajstić information content (AvgIpc) is 3.03. The maximum Gasteiger partial charge on any atom is 0.275 e. The molecule has 0 aliphatic carbocycles. The molecule has 2 heterocycles. The van der Waals surface area contributed by atoms with Crippen LogP contribution in [0.2, 0.25) is 0 Å². The number of carbonyl (C=O) groups excluding carboxylic acids is 1. The van der Waals surface area contributed by atoms with Crippen LogP contribution in [0, 0.1) is 0 Å². The number of rotatable bonds is 5. The SMILES string of the molecule is CCc1ccc(Cn2nccc2NC(=O)c2ccccn2)cc1. The molecule has 0 radical (unpaired) electrons. The number of amides is 1. The second kappa shape index (κ2) is 6.87. The summed E-state index contributed by atoms with van der Waals surface area (Å²) in [5, 5.41) is 7.13. The molecule has 2 aromatic heterocycles. The molecule has 0 aliphatic rings. The van der Waals surface area contributed by atoms with Gasteiger partial charge in [-0.25, -0.2) is 4.68 Å². The van der Waals surface area contributed by atoms with E-state index >= 15 is 0 Å². The lowest BCUT2D eigenvalue weighted by Gasteiger charge is -2.09. The van der Waals surface area contributed by atoms with Gasteiger partial charge in [0.15, 0.2) is 0 Å². The molecule has 1 N–H and O–H groups in total. The molecule has 0 fully saturated rings. The van der Waals surface area contributed by atoms with E-state index in [0.29, 0.717) is 18.1 Å². The van der Waals surface area contributed by atoms with Crippen molar-refractivity contribution in [3.05, 3.63) is 77.7 Å². The van der Waals surface area contributed by atoms with Gasteiger partial charge in [-0.3, -0.25) is 9.78 Å². The van der Waals surface area contributed by atoms with E-state index < -0.39 is 0 Å². The summed E-state index contributed by atoms with van der Waals surface area (Å²) in [7, 11) is 0. The molecule has 23 heavy (non-hydrogen) atoms. The Morgan fingerprint density at radius 3 is 2.52 bits per heavy atom. The predicted molar refractivity (Wildman–Crippen MR) is 89.3 cm³/mol. The van der Waals surface area contributed by atoms with Crippen molar-refractivity contribution in [3.63, 3.8) is 0 Å². The van der Waals surface area contributed by atoms with Crippen molar-refractivity contribution in [1.82, 2.24) is 14.8 Å². The van der Waals surface area contributed by atoms with Gasteiger partial charge in [0.2, 0.25) is 0 Å². The Bertz CT molecular complexity index is 778. The lowest BCUT2D eigenvalue weighted by molar-refractivity contribution is 0.102. The average molecular weight is 306 g/mol. The Morgan fingerprint density at radius 2 is 1.83 bits per heavy atom. The molecule has 3 aromatic rings. The second-order valence-corrected chi connectivity index (χ2v) is 5.21. The van der Waals surface area contributed by atoms with Crippen LogP contribution < -0.4 is 5.32 Å². The van der Waals surface area contributed by atoms with Crippen molar-refractivity contribution in [1.29, 1.82) is 0 Å². The van der Waals surface area contributed by atoms with Gasteiger partial charge in [-0.1, -0.05) is 37.3 Å². The Hall–Kier alpha value is -2.95. The van der Waals surface area contributed by atoms with Crippen LogP contribution in [0.1, 0.15) is 28.5 Å². The standard InChI is InChI=1S/C18H18N4O/c1-2-14-6-8-15(9-7-14)13-22-17(10-12-20-22)21-18(23)16-5-3-4-11-19-16/h3-12H,2,13H2,1H3,(H,21,23). The molecular formula is C18H18N4O. The monoisotopic (exact) mass is 306 g/mol. The highest BCUT2D eigenvalue weighted by molar-refractivity contribution is 6.02. The predicted octanol–water partition coefficient (Wildman–Crippen LogP) is 3.14. The fourth-order valence-corrected chi connectivity index (χ4v) is 2.30. The molecule has 1 amide bonds. The maximum atomic E-state index is 12.2. The molecule has 0 saturated heterocycles. The van der Waals surface area contributed by atoms with Crippen LogP contribution in [0.15, 0.2) is 60.9 Å². The van der Waals surface area contributed by atoms with Crippen molar-refractivity contribution in [2.75, 3.05) is 5.32 Å². The molecule has 0 unspecified atom stereocenters. The minimum absolute atomic E-state index is 0.242. The van der Waals surface area contributed by atoms with E-state index in [0.717, 1.165) is 12.0 Å². The summed E-state index contributed by atoms with van der Waals surface area (Å²) in [6.07, 6.45) is 4.30. The number of hydrogen-bond donors (Lipinski definition) is 1. The second-order valence-electron chi connectivity index (χ2n) is 5.21. The van der Waals surface area contributed by atoms with Crippen molar-refractivity contribution in [3.8, 4) is 0 Å². The Kier molecular flexibility index (Phi) is 4.47. The first-order valence-corrected chi connectivity index (χ1v) is 7.58. The Morgan fingerprint density at radius 1 is 1.04 bits per heavy atom. The third kappa shape index (κ3) is 3.63. The van der Waals surface area contributed by atoms with Gasteiger partial charge in [0.1, 0.15) is 11.5 Å². The number of aryl methyl sites for hydroxylation is 1. The first kappa shape index (κ1) is 15.0. The molecule has 0 bridgehead atoms. The number of pyridine rings is 1. The van der Waals surface area contributed by atoms with Gasteiger partial charge in [-0.15, -0.1) is 0 Å². The molecular weight excluding hydrogens is 288 g/mol. The number of nitrogens with one attached hydrogen (secondary N) is 1. The van der Waals surface area contributed by atoms with Gasteiger partial charge in [-0.05, 0) is 29.7 Å². The van der Waals surface area contributed by atoms with Crippen molar-refractivity contribution in [2.45, 2.75) is 19.9 Å². The first-order valence-electron chi connectivity index (χ1n) is 7.58. The van der Waals surface area contributed by atoms with Crippen LogP contribution in [-0.2, 0) is 13.0 Å². The summed E-state index contributed by atoms with van der Waals surface area (Å²) in [5.74, 6) is 0.411. The summed E-state index contributed by atoms with van der Waals surface area (Å²) in [6, 6.07) is 15.4. The smallest absolute Gasteiger partial charge is 0.275 e. The number of carbonyl (C=O) groups is 1. The van der Waals surface area contributed by atoms with Crippen molar-refractivity contribution < 1.29 is 4.79 Å². The van der Waals surface area contributed by atoms with Crippen molar-refractivity contribution in [2.24, 2.45) is 0 Å². The molecule has 0 aliphatic heterocycles. The number of hydrogen-bond acceptors (Lipinski definition) is 3. The zero-order valence-corrected chi connectivity index (χ0v) is 12.9. The summed E-state index contributed by atoms with van der Waals surface area (Å²) in [5.41, 5.74) is 2.82. The zero-order chi connectivity index (χ0) is 16.1. The van der Waals surface area contributed by atoms with Crippen LogP contribution in [0.4, 0.5) is 5.82 Å². The van der Waals surface area contributed by atoms with Crippen molar-refractivity contribution >= 4 is 11.7 Å². The largest absolute Gasteiger partial charge is 0.305 e. The van der Waals surface area contributed by atoms with Crippen LogP contribution in [0.5, 0.6) is 0 Å². The van der Waals surface area contributed by atoms with Crippen LogP contribution in [-0.4, -0.2) is 20.7 Å². The normalized spacial score (nSPS) is 10.5. The maximum absolute atomic E-state index is 12.2. The van der Waals surface area contributed by atoms with Gasteiger partial charge < -0.3 is 5.32 Å². The van der Waals surface area contributed by atoms with Crippen LogP contribution in [0.25, 0.3) is 0 Å². The molecule has 3 rings (SSSR count). The third-order valence-corrected chi connectivity index (χ3v) is 3.62. The van der Waals surface area contributed by atoms with Gasteiger partial charge in [0.05, 0.1) is 12.7 Å². The van der Waals surface area contributed by atoms with Crippen LogP contribution >= 0.6 is 0 Å². The molecule has 5 heteroatoms. The van der Waals surface area contributed by atoms with E-state index in [9.17, 15) is 4.79 Å². The van der Waals surface area contributed by atoms with Gasteiger partial charge in [0, 0.05) is 12.3 Å². The molecule has 0 spiro atoms. The molecule has 0 saturated carbocycles. The minimum Gasteiger partial charge on any atom is -0.305 e. The van der Waals surface area contributed by atoms with E-state index in [1.165, 1.54) is 5.56 Å². The van der Waals surface area contributed by atoms with Crippen LogP contribution in [0.3, 0.4) is 0 Å². The highest BCUT2D eigenvalue weighted by atomic mass is 16.2. The lowest BCUT2D eigenvalue weighted by atomic mass is 10.1. The highest BCUT2D eigenvalue weighted by Crippen LogP contribution is 2.12. The van der Waals surface area contributed by atoms with E-state index in [-0.39, 0.29) is 5.91 Å². The summed E-state index contributed by atoms with van der Waals surface area (Å²) < 4.78 is 1.77. The fraction of sp³-hybridized carbons (Fsp3) is 0.167. The minimum atomic E-state index is -0.242. The number of nitrogens with zero attached hydrogens (tertiary/aromatic N) is 3. The number of benzene rings is 1. The summed E-state index contributed by atoms with van der Waals surface area (Å²) >= 11 is 0. The first-order chi connectivity index (χ1) is 11.3. The summed E-state index contributed by atoms with van der Waals surface area (Å²) in [4.78, 5) is 16.2. The molecule has 0 atom stereocenters. The molecule has 1 aromatic carbocycles. The van der Waals surface area contributed by atoms with Gasteiger partial charge in [-0.2, -0.15) is 5.10 Å². The third-order valence-electron chi connectivity index (χ3n) is 3.62. The summed E-state index contributed by atoms with van der Waals surface area (Å²) in [6.45, 7) is 2.74. The molecule has 116 valence electrons. The topological polar surface area (TPSA) is 59.8 Å². The van der Waals surface area contributed by atoms with Gasteiger partial charge in [0.25, 0.3) is 5.91 Å². The highest BCUT2D eigenvalue weighted by Gasteiger charge is 2.10. The van der Waals surface area contributed by atoms with Gasteiger partial charge >= 0.3 is 0 Å². The number of anilines is 1.